The van der Waals surface area contributed by atoms with E-state index < -0.39 is 10.0 Å². The molecule has 1 amide bonds. The van der Waals surface area contributed by atoms with Crippen LogP contribution in [0.4, 0.5) is 0 Å². The van der Waals surface area contributed by atoms with Crippen LogP contribution in [0.25, 0.3) is 0 Å². The number of carbonyl (C=O) groups is 1. The molecule has 0 spiro atoms. The molecule has 1 rings (SSSR count). The molecule has 0 saturated carbocycles. The van der Waals surface area contributed by atoms with E-state index in [4.69, 9.17) is 5.14 Å². The summed E-state index contributed by atoms with van der Waals surface area (Å²) in [6, 6.07) is 2.66. The van der Waals surface area contributed by atoms with Crippen molar-refractivity contribution in [3.63, 3.8) is 0 Å². The molecule has 5 nitrogen and oxygen atoms in total. The van der Waals surface area contributed by atoms with E-state index in [1.807, 2.05) is 0 Å². The Morgan fingerprint density at radius 1 is 1.47 bits per heavy atom. The molecule has 0 fully saturated rings. The summed E-state index contributed by atoms with van der Waals surface area (Å²) in [6.07, 6.45) is 0. The van der Waals surface area contributed by atoms with Crippen LogP contribution < -0.4 is 10.5 Å². The van der Waals surface area contributed by atoms with Crippen LogP contribution in [-0.4, -0.2) is 20.9 Å². The first kappa shape index (κ1) is 14.1. The molecule has 0 unspecified atom stereocenters. The number of benzene rings is 1. The maximum absolute atomic E-state index is 11.7. The van der Waals surface area contributed by atoms with Gasteiger partial charge in [0, 0.05) is 16.6 Å². The molecule has 0 aliphatic heterocycles. The molecule has 0 aliphatic carbocycles. The van der Waals surface area contributed by atoms with Crippen LogP contribution in [0, 0.1) is 6.92 Å². The molecular weight excluding hydrogens is 308 g/mol. The predicted molar refractivity (Wildman–Crippen MR) is 68.3 cm³/mol. The molecule has 1 aromatic carbocycles. The maximum Gasteiger partial charge on any atom is 0.251 e. The lowest BCUT2D eigenvalue weighted by molar-refractivity contribution is 0.0955. The lowest BCUT2D eigenvalue weighted by Gasteiger charge is -2.09. The van der Waals surface area contributed by atoms with E-state index in [2.05, 4.69) is 21.2 Å². The summed E-state index contributed by atoms with van der Waals surface area (Å²) in [5.74, 6) is -0.323. The molecule has 0 saturated heterocycles. The largest absolute Gasteiger partial charge is 0.352 e. The topological polar surface area (TPSA) is 89.3 Å². The van der Waals surface area contributed by atoms with Crippen molar-refractivity contribution in [2.75, 3.05) is 6.54 Å². The van der Waals surface area contributed by atoms with E-state index in [9.17, 15) is 13.2 Å². The number of hydrogen-bond acceptors (Lipinski definition) is 3. The average molecular weight is 321 g/mol. The second-order valence-electron chi connectivity index (χ2n) is 3.48. The summed E-state index contributed by atoms with van der Waals surface area (Å²) in [4.78, 5) is 11.6. The van der Waals surface area contributed by atoms with E-state index in [1.165, 1.54) is 12.1 Å². The van der Waals surface area contributed by atoms with Crippen LogP contribution in [0.5, 0.6) is 0 Å². The molecule has 0 heterocycles. The number of rotatable bonds is 3. The minimum absolute atomic E-state index is 0.0868. The van der Waals surface area contributed by atoms with Gasteiger partial charge in [0.15, 0.2) is 0 Å². The zero-order valence-electron chi connectivity index (χ0n) is 9.45. The third-order valence-electron chi connectivity index (χ3n) is 2.23. The molecule has 94 valence electrons. The van der Waals surface area contributed by atoms with Gasteiger partial charge in [0.05, 0.1) is 4.90 Å². The zero-order valence-corrected chi connectivity index (χ0v) is 11.9. The van der Waals surface area contributed by atoms with Crippen molar-refractivity contribution in [3.8, 4) is 0 Å². The monoisotopic (exact) mass is 320 g/mol. The fourth-order valence-electron chi connectivity index (χ4n) is 1.31. The Bertz CT molecular complexity index is 555. The van der Waals surface area contributed by atoms with Gasteiger partial charge in [-0.1, -0.05) is 15.9 Å². The molecule has 0 radical (unpaired) electrons. The first-order valence-electron chi connectivity index (χ1n) is 4.88. The quantitative estimate of drug-likeness (QED) is 0.875. The van der Waals surface area contributed by atoms with Gasteiger partial charge < -0.3 is 5.32 Å². The van der Waals surface area contributed by atoms with Crippen LogP contribution in [0.1, 0.15) is 22.8 Å². The third kappa shape index (κ3) is 3.27. The zero-order chi connectivity index (χ0) is 13.2. The van der Waals surface area contributed by atoms with Crippen LogP contribution in [0.15, 0.2) is 21.5 Å². The summed E-state index contributed by atoms with van der Waals surface area (Å²) in [5, 5.41) is 7.65. The van der Waals surface area contributed by atoms with Gasteiger partial charge >= 0.3 is 0 Å². The van der Waals surface area contributed by atoms with Crippen molar-refractivity contribution in [3.05, 3.63) is 27.7 Å². The number of halogens is 1. The van der Waals surface area contributed by atoms with Crippen molar-refractivity contribution in [1.82, 2.24) is 5.32 Å². The first-order chi connectivity index (χ1) is 7.77. The molecular formula is C10H13BrN2O3S. The standard InChI is InChI=1S/C10H13BrN2O3S/c1-3-13-10(14)8-4-7(17(12,15)16)5-9(11)6(8)2/h4-5H,3H2,1-2H3,(H,13,14)(H2,12,15,16). The van der Waals surface area contributed by atoms with Gasteiger partial charge in [0.1, 0.15) is 0 Å². The van der Waals surface area contributed by atoms with Gasteiger partial charge in [-0.2, -0.15) is 0 Å². The highest BCUT2D eigenvalue weighted by Crippen LogP contribution is 2.24. The van der Waals surface area contributed by atoms with Gasteiger partial charge in [-0.05, 0) is 31.5 Å². The molecule has 17 heavy (non-hydrogen) atoms. The Morgan fingerprint density at radius 3 is 2.53 bits per heavy atom. The van der Waals surface area contributed by atoms with E-state index >= 15 is 0 Å². The fourth-order valence-corrected chi connectivity index (χ4v) is 2.49. The van der Waals surface area contributed by atoms with E-state index in [1.54, 1.807) is 13.8 Å². The Kier molecular flexibility index (Phi) is 4.29. The Labute approximate surface area is 109 Å². The van der Waals surface area contributed by atoms with Crippen molar-refractivity contribution in [1.29, 1.82) is 0 Å². The fraction of sp³-hybridized carbons (Fsp3) is 0.300. The highest BCUT2D eigenvalue weighted by molar-refractivity contribution is 9.10. The van der Waals surface area contributed by atoms with E-state index in [-0.39, 0.29) is 10.8 Å². The summed E-state index contributed by atoms with van der Waals surface area (Å²) in [5.41, 5.74) is 0.966. The lowest BCUT2D eigenvalue weighted by Crippen LogP contribution is -2.24. The summed E-state index contributed by atoms with van der Waals surface area (Å²) < 4.78 is 23.0. The molecule has 0 aliphatic rings. The van der Waals surface area contributed by atoms with Crippen molar-refractivity contribution < 1.29 is 13.2 Å². The minimum Gasteiger partial charge on any atom is -0.352 e. The molecule has 0 bridgehead atoms. The molecule has 0 aromatic heterocycles. The third-order valence-corrected chi connectivity index (χ3v) is 3.94. The van der Waals surface area contributed by atoms with Crippen molar-refractivity contribution in [2.45, 2.75) is 18.7 Å². The number of primary sulfonamides is 1. The number of carbonyl (C=O) groups excluding carboxylic acids is 1. The van der Waals surface area contributed by atoms with Crippen LogP contribution >= 0.6 is 15.9 Å². The second-order valence-corrected chi connectivity index (χ2v) is 5.90. The van der Waals surface area contributed by atoms with E-state index in [0.717, 1.165) is 0 Å². The Hall–Kier alpha value is -0.920. The van der Waals surface area contributed by atoms with Crippen molar-refractivity contribution >= 4 is 31.9 Å². The molecule has 0 atom stereocenters. The molecule has 7 heteroatoms. The number of amides is 1. The van der Waals surface area contributed by atoms with Gasteiger partial charge in [-0.3, -0.25) is 4.79 Å². The maximum atomic E-state index is 11.7. The summed E-state index contributed by atoms with van der Waals surface area (Å²) in [6.45, 7) is 3.98. The Morgan fingerprint density at radius 2 is 2.06 bits per heavy atom. The Balaban J connectivity index is 3.40. The average Bonchev–Trinajstić information content (AvgIpc) is 2.20. The normalized spacial score (nSPS) is 11.3. The van der Waals surface area contributed by atoms with E-state index in [0.29, 0.717) is 22.1 Å². The highest BCUT2D eigenvalue weighted by Gasteiger charge is 2.17. The van der Waals surface area contributed by atoms with Gasteiger partial charge in [-0.25, -0.2) is 13.6 Å². The smallest absolute Gasteiger partial charge is 0.251 e. The lowest BCUT2D eigenvalue weighted by atomic mass is 10.1. The predicted octanol–water partition coefficient (Wildman–Crippen LogP) is 1.15. The van der Waals surface area contributed by atoms with Gasteiger partial charge in [-0.15, -0.1) is 0 Å². The number of sulfonamides is 1. The van der Waals surface area contributed by atoms with Gasteiger partial charge in [0.2, 0.25) is 10.0 Å². The van der Waals surface area contributed by atoms with Crippen LogP contribution in [0.3, 0.4) is 0 Å². The van der Waals surface area contributed by atoms with Crippen LogP contribution in [0.2, 0.25) is 0 Å². The number of hydrogen-bond donors (Lipinski definition) is 2. The highest BCUT2D eigenvalue weighted by atomic mass is 79.9. The number of nitrogens with two attached hydrogens (primary N) is 1. The van der Waals surface area contributed by atoms with Crippen molar-refractivity contribution in [2.24, 2.45) is 5.14 Å². The number of nitrogens with one attached hydrogen (secondary N) is 1. The molecule has 1 aromatic rings. The SMILES string of the molecule is CCNC(=O)c1cc(S(N)(=O)=O)cc(Br)c1C. The minimum atomic E-state index is -3.82. The van der Waals surface area contributed by atoms with Crippen LogP contribution in [-0.2, 0) is 10.0 Å². The first-order valence-corrected chi connectivity index (χ1v) is 7.22. The summed E-state index contributed by atoms with van der Waals surface area (Å²) >= 11 is 3.21. The summed E-state index contributed by atoms with van der Waals surface area (Å²) in [7, 11) is -3.82. The second kappa shape index (κ2) is 5.16. The molecule has 3 N–H and O–H groups in total. The van der Waals surface area contributed by atoms with Gasteiger partial charge in [0.25, 0.3) is 5.91 Å².